The van der Waals surface area contributed by atoms with E-state index in [1.807, 2.05) is 18.0 Å². The van der Waals surface area contributed by atoms with Gasteiger partial charge < -0.3 is 14.9 Å². The van der Waals surface area contributed by atoms with Crippen molar-refractivity contribution in [1.82, 2.24) is 14.8 Å². The first kappa shape index (κ1) is 29.8. The van der Waals surface area contributed by atoms with E-state index in [9.17, 15) is 23.1 Å². The number of anilines is 1. The molecule has 41 heavy (non-hydrogen) atoms. The lowest BCUT2D eigenvalue weighted by Crippen LogP contribution is -2.43. The Morgan fingerprint density at radius 2 is 1.78 bits per heavy atom. The van der Waals surface area contributed by atoms with E-state index < -0.39 is 23.8 Å². The lowest BCUT2D eigenvalue weighted by Gasteiger charge is -2.35. The number of hydrogen-bond acceptors (Lipinski definition) is 5. The SMILES string of the molecule is CN(CCC1CCN(CC2CN(C(CC3CCC3)C(=O)O)CC2c2ccccc2)CC1)c1ccc(C(F)(F)F)cn1. The van der Waals surface area contributed by atoms with E-state index in [0.717, 1.165) is 90.1 Å². The highest BCUT2D eigenvalue weighted by atomic mass is 19.4. The van der Waals surface area contributed by atoms with Crippen molar-refractivity contribution in [3.8, 4) is 0 Å². The van der Waals surface area contributed by atoms with Gasteiger partial charge in [0.05, 0.1) is 5.56 Å². The first-order valence-electron chi connectivity index (χ1n) is 15.2. The molecule has 2 aromatic rings. The van der Waals surface area contributed by atoms with Gasteiger partial charge in [0.2, 0.25) is 0 Å². The number of piperidine rings is 1. The summed E-state index contributed by atoms with van der Waals surface area (Å²) in [4.78, 5) is 23.1. The average molecular weight is 573 g/mol. The Morgan fingerprint density at radius 3 is 2.37 bits per heavy atom. The summed E-state index contributed by atoms with van der Waals surface area (Å²) >= 11 is 0. The molecule has 2 saturated heterocycles. The molecule has 9 heteroatoms. The van der Waals surface area contributed by atoms with Crippen LogP contribution in [0, 0.1) is 17.8 Å². The minimum Gasteiger partial charge on any atom is -0.480 e. The monoisotopic (exact) mass is 572 g/mol. The van der Waals surface area contributed by atoms with Gasteiger partial charge in [-0.2, -0.15) is 13.2 Å². The third-order valence-electron chi connectivity index (χ3n) is 9.74. The molecule has 3 heterocycles. The summed E-state index contributed by atoms with van der Waals surface area (Å²) in [5, 5.41) is 10.1. The smallest absolute Gasteiger partial charge is 0.417 e. The fourth-order valence-corrected chi connectivity index (χ4v) is 6.93. The standard InChI is InChI=1S/C32H43F3N4O2/c1-37(30-11-10-27(19-36-30)32(33,34)35)15-12-23-13-16-38(17-14-23)20-26-21-39(22-28(26)25-8-3-2-4-9-25)29(31(40)41)18-24-6-5-7-24/h2-4,8-11,19,23-24,26,28-29H,5-7,12-18,20-22H2,1H3,(H,40,41). The molecule has 0 radical (unpaired) electrons. The van der Waals surface area contributed by atoms with Crippen LogP contribution in [-0.2, 0) is 11.0 Å². The highest BCUT2D eigenvalue weighted by Crippen LogP contribution is 2.38. The number of carboxylic acid groups (broad SMARTS) is 1. The van der Waals surface area contributed by atoms with Crippen LogP contribution in [0.15, 0.2) is 48.7 Å². The van der Waals surface area contributed by atoms with Gasteiger partial charge in [0, 0.05) is 45.3 Å². The Morgan fingerprint density at radius 1 is 1.05 bits per heavy atom. The molecule has 1 saturated carbocycles. The van der Waals surface area contributed by atoms with E-state index in [4.69, 9.17) is 0 Å². The van der Waals surface area contributed by atoms with Crippen LogP contribution in [-0.4, -0.2) is 78.2 Å². The number of carbonyl (C=O) groups is 1. The third-order valence-corrected chi connectivity index (χ3v) is 9.74. The molecule has 3 unspecified atom stereocenters. The molecule has 3 atom stereocenters. The maximum atomic E-state index is 12.8. The summed E-state index contributed by atoms with van der Waals surface area (Å²) in [6.07, 6.45) is 4.03. The fraction of sp³-hybridized carbons (Fsp3) is 0.625. The Kier molecular flexibility index (Phi) is 9.54. The maximum Gasteiger partial charge on any atom is 0.417 e. The molecule has 1 aliphatic carbocycles. The Labute approximate surface area is 241 Å². The van der Waals surface area contributed by atoms with E-state index in [1.165, 1.54) is 18.1 Å². The molecular formula is C32H43F3N4O2. The molecule has 2 aliphatic heterocycles. The van der Waals surface area contributed by atoms with Crippen molar-refractivity contribution in [3.05, 3.63) is 59.8 Å². The predicted octanol–water partition coefficient (Wildman–Crippen LogP) is 6.00. The van der Waals surface area contributed by atoms with Gasteiger partial charge in [-0.15, -0.1) is 0 Å². The summed E-state index contributed by atoms with van der Waals surface area (Å²) in [5.74, 6) is 1.74. The normalized spacial score (nSPS) is 23.8. The van der Waals surface area contributed by atoms with Crippen LogP contribution in [0.2, 0.25) is 0 Å². The summed E-state index contributed by atoms with van der Waals surface area (Å²) in [5.41, 5.74) is 0.585. The van der Waals surface area contributed by atoms with Crippen molar-refractivity contribution in [2.75, 3.05) is 51.2 Å². The number of hydrogen-bond donors (Lipinski definition) is 1. The lowest BCUT2D eigenvalue weighted by molar-refractivity contribution is -0.144. The molecule has 3 aliphatic rings. The number of halogens is 3. The van der Waals surface area contributed by atoms with Gasteiger partial charge in [-0.25, -0.2) is 4.98 Å². The van der Waals surface area contributed by atoms with Crippen LogP contribution in [0.4, 0.5) is 19.0 Å². The van der Waals surface area contributed by atoms with Crippen LogP contribution >= 0.6 is 0 Å². The summed E-state index contributed by atoms with van der Waals surface area (Å²) in [6.45, 7) is 5.42. The molecule has 224 valence electrons. The van der Waals surface area contributed by atoms with Gasteiger partial charge in [-0.05, 0) is 74.2 Å². The number of nitrogens with zero attached hydrogens (tertiary/aromatic N) is 4. The first-order valence-corrected chi connectivity index (χ1v) is 15.2. The maximum absolute atomic E-state index is 12.8. The van der Waals surface area contributed by atoms with Crippen molar-refractivity contribution in [2.24, 2.45) is 17.8 Å². The van der Waals surface area contributed by atoms with Crippen molar-refractivity contribution >= 4 is 11.8 Å². The van der Waals surface area contributed by atoms with Gasteiger partial charge in [0.25, 0.3) is 0 Å². The van der Waals surface area contributed by atoms with Crippen LogP contribution in [0.1, 0.15) is 62.0 Å². The second-order valence-electron chi connectivity index (χ2n) is 12.5. The number of likely N-dealkylation sites (tertiary alicyclic amines) is 2. The first-order chi connectivity index (χ1) is 19.7. The van der Waals surface area contributed by atoms with Gasteiger partial charge in [0.1, 0.15) is 11.9 Å². The molecule has 1 aromatic carbocycles. The molecule has 1 N–H and O–H groups in total. The Balaban J connectivity index is 1.13. The van der Waals surface area contributed by atoms with E-state index in [-0.39, 0.29) is 0 Å². The number of carboxylic acids is 1. The molecule has 0 bridgehead atoms. The zero-order valence-corrected chi connectivity index (χ0v) is 24.0. The minimum absolute atomic E-state index is 0.335. The third kappa shape index (κ3) is 7.60. The van der Waals surface area contributed by atoms with E-state index in [2.05, 4.69) is 39.0 Å². The van der Waals surface area contributed by atoms with Gasteiger partial charge in [-0.3, -0.25) is 9.69 Å². The van der Waals surface area contributed by atoms with E-state index in [0.29, 0.717) is 29.5 Å². The van der Waals surface area contributed by atoms with Crippen LogP contribution in [0.5, 0.6) is 0 Å². The Bertz CT molecular complexity index is 1120. The number of pyridine rings is 1. The zero-order valence-electron chi connectivity index (χ0n) is 24.0. The average Bonchev–Trinajstić information content (AvgIpc) is 3.35. The largest absolute Gasteiger partial charge is 0.480 e. The van der Waals surface area contributed by atoms with Crippen LogP contribution in [0.25, 0.3) is 0 Å². The van der Waals surface area contributed by atoms with Gasteiger partial charge in [0.15, 0.2) is 0 Å². The van der Waals surface area contributed by atoms with Gasteiger partial charge >= 0.3 is 12.1 Å². The minimum atomic E-state index is -4.37. The van der Waals surface area contributed by atoms with Crippen molar-refractivity contribution < 1.29 is 23.1 Å². The molecule has 5 rings (SSSR count). The highest BCUT2D eigenvalue weighted by Gasteiger charge is 2.41. The van der Waals surface area contributed by atoms with E-state index >= 15 is 0 Å². The second-order valence-corrected chi connectivity index (χ2v) is 12.5. The number of aromatic nitrogens is 1. The highest BCUT2D eigenvalue weighted by molar-refractivity contribution is 5.73. The summed E-state index contributed by atoms with van der Waals surface area (Å²) in [6, 6.07) is 12.7. The number of rotatable bonds is 11. The van der Waals surface area contributed by atoms with Crippen LogP contribution in [0.3, 0.4) is 0 Å². The summed E-state index contributed by atoms with van der Waals surface area (Å²) in [7, 11) is 1.88. The lowest BCUT2D eigenvalue weighted by atomic mass is 9.80. The fourth-order valence-electron chi connectivity index (χ4n) is 6.93. The number of benzene rings is 1. The molecule has 1 aromatic heterocycles. The van der Waals surface area contributed by atoms with Crippen molar-refractivity contribution in [2.45, 2.75) is 63.1 Å². The van der Waals surface area contributed by atoms with E-state index in [1.54, 1.807) is 0 Å². The molecule has 0 spiro atoms. The van der Waals surface area contributed by atoms with Crippen molar-refractivity contribution in [3.63, 3.8) is 0 Å². The Hall–Kier alpha value is -2.65. The number of aliphatic carboxylic acids is 1. The second kappa shape index (κ2) is 13.1. The van der Waals surface area contributed by atoms with Crippen molar-refractivity contribution in [1.29, 1.82) is 0 Å². The van der Waals surface area contributed by atoms with Gasteiger partial charge in [-0.1, -0.05) is 49.6 Å². The molecule has 6 nitrogen and oxygen atoms in total. The van der Waals surface area contributed by atoms with Crippen LogP contribution < -0.4 is 4.90 Å². The molecular weight excluding hydrogens is 529 g/mol. The zero-order chi connectivity index (χ0) is 29.0. The predicted molar refractivity (Wildman–Crippen MR) is 154 cm³/mol. The topological polar surface area (TPSA) is 59.9 Å². The number of alkyl halides is 3. The summed E-state index contributed by atoms with van der Waals surface area (Å²) < 4.78 is 38.5. The molecule has 0 amide bonds. The molecule has 3 fully saturated rings. The quantitative estimate of drug-likeness (QED) is 0.357.